The molecule has 0 amide bonds. The highest BCUT2D eigenvalue weighted by Gasteiger charge is 2.19. The Kier molecular flexibility index (Phi) is 4.95. The molecule has 0 saturated heterocycles. The monoisotopic (exact) mass is 408 g/mol. The third kappa shape index (κ3) is 3.39. The standard InChI is InChI=1S/C23H20O7/c1-12-8-19-15(10-18(12)28-13(2)23(25)27-4)16(11-21(24)29-19)20-9-14-6-5-7-17(26-3)22(14)30-20/h5-11,13H,1-4H3/t13-/m0/s1. The third-order valence-electron chi connectivity index (χ3n) is 4.87. The molecule has 0 fully saturated rings. The lowest BCUT2D eigenvalue weighted by atomic mass is 10.0. The van der Waals surface area contributed by atoms with Crippen molar-refractivity contribution >= 4 is 27.9 Å². The average Bonchev–Trinajstić information content (AvgIpc) is 3.17. The van der Waals surface area contributed by atoms with Gasteiger partial charge in [-0.05, 0) is 43.7 Å². The largest absolute Gasteiger partial charge is 0.493 e. The molecule has 0 saturated carbocycles. The van der Waals surface area contributed by atoms with Crippen LogP contribution >= 0.6 is 0 Å². The molecule has 30 heavy (non-hydrogen) atoms. The lowest BCUT2D eigenvalue weighted by Gasteiger charge is -2.15. The van der Waals surface area contributed by atoms with E-state index in [4.69, 9.17) is 23.0 Å². The molecule has 0 bridgehead atoms. The first kappa shape index (κ1) is 19.6. The summed E-state index contributed by atoms with van der Waals surface area (Å²) in [5, 5.41) is 1.46. The molecule has 0 radical (unpaired) electrons. The maximum atomic E-state index is 12.2. The fraction of sp³-hybridized carbons (Fsp3) is 0.217. The van der Waals surface area contributed by atoms with Crippen LogP contribution in [0.2, 0.25) is 0 Å². The Morgan fingerprint density at radius 3 is 2.57 bits per heavy atom. The number of rotatable bonds is 5. The number of fused-ring (bicyclic) bond motifs is 2. The summed E-state index contributed by atoms with van der Waals surface area (Å²) in [4.78, 5) is 23.9. The van der Waals surface area contributed by atoms with Crippen molar-refractivity contribution in [3.05, 3.63) is 58.4 Å². The van der Waals surface area contributed by atoms with E-state index >= 15 is 0 Å². The Bertz CT molecular complexity index is 1310. The van der Waals surface area contributed by atoms with Crippen LogP contribution in [0, 0.1) is 6.92 Å². The number of methoxy groups -OCH3 is 2. The smallest absolute Gasteiger partial charge is 0.346 e. The van der Waals surface area contributed by atoms with E-state index in [9.17, 15) is 9.59 Å². The third-order valence-corrected chi connectivity index (χ3v) is 4.87. The molecular formula is C23H20O7. The number of furan rings is 1. The number of benzene rings is 2. The molecule has 154 valence electrons. The summed E-state index contributed by atoms with van der Waals surface area (Å²) in [5.41, 5.74) is 1.74. The van der Waals surface area contributed by atoms with Crippen LogP contribution < -0.4 is 15.1 Å². The summed E-state index contributed by atoms with van der Waals surface area (Å²) in [5.74, 6) is 1.07. The van der Waals surface area contributed by atoms with E-state index in [0.29, 0.717) is 44.9 Å². The Labute approximate surface area is 171 Å². The molecule has 0 aliphatic carbocycles. The number of carbonyl (C=O) groups is 1. The summed E-state index contributed by atoms with van der Waals surface area (Å²) in [6, 6.07) is 12.2. The maximum absolute atomic E-state index is 12.2. The van der Waals surface area contributed by atoms with Crippen LogP contribution in [0.4, 0.5) is 0 Å². The van der Waals surface area contributed by atoms with Gasteiger partial charge in [-0.1, -0.05) is 12.1 Å². The average molecular weight is 408 g/mol. The van der Waals surface area contributed by atoms with E-state index in [-0.39, 0.29) is 0 Å². The fourth-order valence-electron chi connectivity index (χ4n) is 3.36. The second kappa shape index (κ2) is 7.59. The first-order valence-electron chi connectivity index (χ1n) is 9.31. The molecule has 0 spiro atoms. The molecule has 7 heteroatoms. The predicted molar refractivity (Wildman–Crippen MR) is 111 cm³/mol. The van der Waals surface area contributed by atoms with Crippen LogP contribution in [0.1, 0.15) is 12.5 Å². The van der Waals surface area contributed by atoms with Crippen molar-refractivity contribution < 1.29 is 27.8 Å². The summed E-state index contributed by atoms with van der Waals surface area (Å²) >= 11 is 0. The van der Waals surface area contributed by atoms with Gasteiger partial charge < -0.3 is 23.0 Å². The molecule has 2 heterocycles. The molecule has 0 aliphatic rings. The molecule has 4 aromatic rings. The predicted octanol–water partition coefficient (Wildman–Crippen LogP) is 4.46. The van der Waals surface area contributed by atoms with Gasteiger partial charge in [0.05, 0.1) is 14.2 Å². The zero-order chi connectivity index (χ0) is 21.4. The van der Waals surface area contributed by atoms with Crippen LogP contribution in [0.15, 0.2) is 56.1 Å². The van der Waals surface area contributed by atoms with Gasteiger partial charge in [-0.3, -0.25) is 0 Å². The number of para-hydroxylation sites is 1. The molecule has 7 nitrogen and oxygen atoms in total. The van der Waals surface area contributed by atoms with E-state index in [1.165, 1.54) is 13.2 Å². The van der Waals surface area contributed by atoms with Gasteiger partial charge in [0.2, 0.25) is 0 Å². The Morgan fingerprint density at radius 1 is 1.03 bits per heavy atom. The van der Waals surface area contributed by atoms with Gasteiger partial charge in [0.1, 0.15) is 17.1 Å². The van der Waals surface area contributed by atoms with Gasteiger partial charge >= 0.3 is 11.6 Å². The highest BCUT2D eigenvalue weighted by molar-refractivity contribution is 5.96. The molecule has 4 rings (SSSR count). The Morgan fingerprint density at radius 2 is 1.83 bits per heavy atom. The van der Waals surface area contributed by atoms with Crippen LogP contribution in [0.3, 0.4) is 0 Å². The molecule has 0 aliphatic heterocycles. The van der Waals surface area contributed by atoms with Crippen LogP contribution in [-0.4, -0.2) is 26.3 Å². The Hall–Kier alpha value is -3.74. The number of hydrogen-bond acceptors (Lipinski definition) is 7. The molecule has 1 atom stereocenters. The van der Waals surface area contributed by atoms with Gasteiger partial charge in [0.15, 0.2) is 17.4 Å². The number of ether oxygens (including phenoxy) is 3. The minimum Gasteiger partial charge on any atom is -0.493 e. The lowest BCUT2D eigenvalue weighted by Crippen LogP contribution is -2.25. The first-order chi connectivity index (χ1) is 14.4. The molecule has 2 aromatic carbocycles. The highest BCUT2D eigenvalue weighted by atomic mass is 16.6. The van der Waals surface area contributed by atoms with E-state index < -0.39 is 17.7 Å². The van der Waals surface area contributed by atoms with Gasteiger partial charge in [-0.15, -0.1) is 0 Å². The van der Waals surface area contributed by atoms with Crippen LogP contribution in [0.5, 0.6) is 11.5 Å². The van der Waals surface area contributed by atoms with Crippen molar-refractivity contribution in [2.45, 2.75) is 20.0 Å². The van der Waals surface area contributed by atoms with Crippen molar-refractivity contribution in [3.8, 4) is 22.8 Å². The molecule has 0 unspecified atom stereocenters. The topological polar surface area (TPSA) is 88.1 Å². The van der Waals surface area contributed by atoms with E-state index in [0.717, 1.165) is 5.39 Å². The molecular weight excluding hydrogens is 388 g/mol. The van der Waals surface area contributed by atoms with Gasteiger partial charge in [-0.25, -0.2) is 9.59 Å². The number of aryl methyl sites for hydroxylation is 1. The van der Waals surface area contributed by atoms with Gasteiger partial charge in [-0.2, -0.15) is 0 Å². The number of esters is 1. The van der Waals surface area contributed by atoms with Crippen molar-refractivity contribution in [1.29, 1.82) is 0 Å². The van der Waals surface area contributed by atoms with Gasteiger partial charge in [0, 0.05) is 22.4 Å². The van der Waals surface area contributed by atoms with Crippen LogP contribution in [0.25, 0.3) is 33.3 Å². The zero-order valence-electron chi connectivity index (χ0n) is 17.0. The normalized spacial score (nSPS) is 12.1. The van der Waals surface area contributed by atoms with E-state index in [2.05, 4.69) is 0 Å². The summed E-state index contributed by atoms with van der Waals surface area (Å²) in [6.45, 7) is 3.41. The van der Waals surface area contributed by atoms with Crippen molar-refractivity contribution in [2.24, 2.45) is 0 Å². The van der Waals surface area contributed by atoms with Crippen molar-refractivity contribution in [3.63, 3.8) is 0 Å². The first-order valence-corrected chi connectivity index (χ1v) is 9.31. The number of carbonyl (C=O) groups excluding carboxylic acids is 1. The Balaban J connectivity index is 1.90. The van der Waals surface area contributed by atoms with E-state index in [1.807, 2.05) is 18.2 Å². The van der Waals surface area contributed by atoms with Crippen molar-refractivity contribution in [1.82, 2.24) is 0 Å². The quantitative estimate of drug-likeness (QED) is 0.356. The van der Waals surface area contributed by atoms with Crippen LogP contribution in [-0.2, 0) is 9.53 Å². The molecule has 2 aromatic heterocycles. The second-order valence-corrected chi connectivity index (χ2v) is 6.87. The zero-order valence-corrected chi connectivity index (χ0v) is 17.0. The summed E-state index contributed by atoms with van der Waals surface area (Å²) in [6.07, 6.45) is -0.791. The maximum Gasteiger partial charge on any atom is 0.346 e. The molecule has 0 N–H and O–H groups in total. The fourth-order valence-corrected chi connectivity index (χ4v) is 3.36. The van der Waals surface area contributed by atoms with Crippen molar-refractivity contribution in [2.75, 3.05) is 14.2 Å². The van der Waals surface area contributed by atoms with E-state index in [1.54, 1.807) is 39.2 Å². The highest BCUT2D eigenvalue weighted by Crippen LogP contribution is 2.37. The number of hydrogen-bond donors (Lipinski definition) is 0. The second-order valence-electron chi connectivity index (χ2n) is 6.87. The minimum absolute atomic E-state index is 0.389. The minimum atomic E-state index is -0.791. The summed E-state index contributed by atoms with van der Waals surface area (Å²) in [7, 11) is 2.87. The lowest BCUT2D eigenvalue weighted by molar-refractivity contribution is -0.147. The summed E-state index contributed by atoms with van der Waals surface area (Å²) < 4.78 is 27.3. The van der Waals surface area contributed by atoms with Gasteiger partial charge in [0.25, 0.3) is 0 Å². The SMILES string of the molecule is COC(=O)[C@H](C)Oc1cc2c(-c3cc4cccc(OC)c4o3)cc(=O)oc2cc1C.